The molecule has 1 aromatic rings. The van der Waals surface area contributed by atoms with Gasteiger partial charge in [0.25, 0.3) is 0 Å². The average Bonchev–Trinajstić information content (AvgIpc) is 2.50. The standard InChI is InChI=1S/C16H24N2O3.2ClH/c1-3-20-15-11-18-13(9-12-5-7-17-8-6-12)10-14(15)16(19)21-4-2;;/h10-12,17H,3-9H2,1-2H3;2*1H. The van der Waals surface area contributed by atoms with Gasteiger partial charge in [-0.25, -0.2) is 4.79 Å². The van der Waals surface area contributed by atoms with E-state index in [1.807, 2.05) is 13.0 Å². The van der Waals surface area contributed by atoms with Crippen molar-refractivity contribution < 1.29 is 14.3 Å². The number of aromatic nitrogens is 1. The molecule has 5 nitrogen and oxygen atoms in total. The molecule has 0 atom stereocenters. The topological polar surface area (TPSA) is 60.5 Å². The van der Waals surface area contributed by atoms with Crippen molar-refractivity contribution in [2.24, 2.45) is 5.92 Å². The Morgan fingerprint density at radius 3 is 2.57 bits per heavy atom. The molecule has 0 bridgehead atoms. The van der Waals surface area contributed by atoms with Gasteiger partial charge in [-0.3, -0.25) is 4.98 Å². The van der Waals surface area contributed by atoms with Crippen molar-refractivity contribution in [2.75, 3.05) is 26.3 Å². The normalized spacial score (nSPS) is 14.3. The minimum absolute atomic E-state index is 0. The van der Waals surface area contributed by atoms with E-state index in [4.69, 9.17) is 9.47 Å². The first kappa shape index (κ1) is 22.0. The fourth-order valence-electron chi connectivity index (χ4n) is 2.62. The van der Waals surface area contributed by atoms with Gasteiger partial charge in [0, 0.05) is 5.69 Å². The monoisotopic (exact) mass is 364 g/mol. The van der Waals surface area contributed by atoms with Gasteiger partial charge < -0.3 is 14.8 Å². The molecule has 0 saturated carbocycles. The van der Waals surface area contributed by atoms with Crippen LogP contribution in [0.3, 0.4) is 0 Å². The zero-order valence-corrected chi connectivity index (χ0v) is 15.3. The van der Waals surface area contributed by atoms with E-state index < -0.39 is 0 Å². The van der Waals surface area contributed by atoms with Crippen LogP contribution in [0.5, 0.6) is 5.75 Å². The third-order valence-electron chi connectivity index (χ3n) is 3.68. The SMILES string of the molecule is CCOC(=O)c1cc(CC2CCNCC2)ncc1OCC.Cl.Cl. The third kappa shape index (κ3) is 6.53. The van der Waals surface area contributed by atoms with Crippen LogP contribution >= 0.6 is 24.8 Å². The Morgan fingerprint density at radius 2 is 1.96 bits per heavy atom. The Kier molecular flexibility index (Phi) is 11.0. The number of carbonyl (C=O) groups excluding carboxylic acids is 1. The second kappa shape index (κ2) is 11.5. The maximum Gasteiger partial charge on any atom is 0.342 e. The van der Waals surface area contributed by atoms with E-state index in [0.29, 0.717) is 30.4 Å². The zero-order valence-electron chi connectivity index (χ0n) is 13.7. The van der Waals surface area contributed by atoms with E-state index in [2.05, 4.69) is 10.3 Å². The average molecular weight is 365 g/mol. The highest BCUT2D eigenvalue weighted by molar-refractivity contribution is 5.92. The lowest BCUT2D eigenvalue weighted by Gasteiger charge is -2.22. The summed E-state index contributed by atoms with van der Waals surface area (Å²) < 4.78 is 10.6. The first-order valence-electron chi connectivity index (χ1n) is 7.74. The third-order valence-corrected chi connectivity index (χ3v) is 3.68. The molecular weight excluding hydrogens is 339 g/mol. The van der Waals surface area contributed by atoms with Crippen LogP contribution in [0.4, 0.5) is 0 Å². The van der Waals surface area contributed by atoms with Crippen LogP contribution in [0.1, 0.15) is 42.7 Å². The summed E-state index contributed by atoms with van der Waals surface area (Å²) in [7, 11) is 0. The number of nitrogens with zero attached hydrogens (tertiary/aromatic N) is 1. The second-order valence-electron chi connectivity index (χ2n) is 5.22. The summed E-state index contributed by atoms with van der Waals surface area (Å²) >= 11 is 0. The molecular formula is C16H26Cl2N2O3. The van der Waals surface area contributed by atoms with Gasteiger partial charge in [-0.1, -0.05) is 0 Å². The van der Waals surface area contributed by atoms with Gasteiger partial charge in [-0.15, -0.1) is 24.8 Å². The van der Waals surface area contributed by atoms with Crippen LogP contribution in [0.2, 0.25) is 0 Å². The summed E-state index contributed by atoms with van der Waals surface area (Å²) in [5.74, 6) is 0.798. The zero-order chi connectivity index (χ0) is 15.1. The smallest absolute Gasteiger partial charge is 0.342 e. The van der Waals surface area contributed by atoms with Gasteiger partial charge in [0.15, 0.2) is 5.75 Å². The summed E-state index contributed by atoms with van der Waals surface area (Å²) in [5, 5.41) is 3.36. The first-order chi connectivity index (χ1) is 10.2. The maximum absolute atomic E-state index is 12.0. The van der Waals surface area contributed by atoms with Crippen LogP contribution < -0.4 is 10.1 Å². The molecule has 0 amide bonds. The molecule has 1 aliphatic heterocycles. The van der Waals surface area contributed by atoms with Crippen molar-refractivity contribution in [3.05, 3.63) is 23.5 Å². The van der Waals surface area contributed by atoms with Crippen LogP contribution in [-0.4, -0.2) is 37.3 Å². The maximum atomic E-state index is 12.0. The Hall–Kier alpha value is -1.04. The lowest BCUT2D eigenvalue weighted by Crippen LogP contribution is -2.28. The summed E-state index contributed by atoms with van der Waals surface area (Å²) in [5.41, 5.74) is 1.42. The fourth-order valence-corrected chi connectivity index (χ4v) is 2.62. The summed E-state index contributed by atoms with van der Waals surface area (Å²) in [6.45, 7) is 6.67. The van der Waals surface area contributed by atoms with Crippen molar-refractivity contribution in [1.82, 2.24) is 10.3 Å². The lowest BCUT2D eigenvalue weighted by molar-refractivity contribution is 0.0521. The van der Waals surface area contributed by atoms with E-state index in [9.17, 15) is 4.79 Å². The van der Waals surface area contributed by atoms with Gasteiger partial charge >= 0.3 is 5.97 Å². The molecule has 0 aromatic carbocycles. The Bertz CT molecular complexity index is 480. The number of halogens is 2. The minimum Gasteiger partial charge on any atom is -0.491 e. The van der Waals surface area contributed by atoms with Crippen LogP contribution in [0.25, 0.3) is 0 Å². The quantitative estimate of drug-likeness (QED) is 0.786. The second-order valence-corrected chi connectivity index (χ2v) is 5.22. The molecule has 132 valence electrons. The van der Waals surface area contributed by atoms with E-state index in [1.165, 1.54) is 0 Å². The lowest BCUT2D eigenvalue weighted by atomic mass is 9.92. The molecule has 0 aliphatic carbocycles. The number of carbonyl (C=O) groups is 1. The van der Waals surface area contributed by atoms with Gasteiger partial charge in [0.1, 0.15) is 5.56 Å². The molecule has 2 heterocycles. The summed E-state index contributed by atoms with van der Waals surface area (Å²) in [4.78, 5) is 16.5. The molecule has 7 heteroatoms. The van der Waals surface area contributed by atoms with Crippen molar-refractivity contribution >= 4 is 30.8 Å². The molecule has 1 aliphatic rings. The van der Waals surface area contributed by atoms with Crippen LogP contribution in [-0.2, 0) is 11.2 Å². The van der Waals surface area contributed by atoms with Gasteiger partial charge in [0.05, 0.1) is 19.4 Å². The van der Waals surface area contributed by atoms with E-state index in [0.717, 1.165) is 38.0 Å². The summed E-state index contributed by atoms with van der Waals surface area (Å²) in [6.07, 6.45) is 4.86. The highest BCUT2D eigenvalue weighted by atomic mass is 35.5. The molecule has 1 saturated heterocycles. The number of nitrogens with one attached hydrogen (secondary N) is 1. The van der Waals surface area contributed by atoms with Crippen molar-refractivity contribution in [3.63, 3.8) is 0 Å². The number of hydrogen-bond acceptors (Lipinski definition) is 5. The highest BCUT2D eigenvalue weighted by Gasteiger charge is 2.18. The van der Waals surface area contributed by atoms with E-state index >= 15 is 0 Å². The fraction of sp³-hybridized carbons (Fsp3) is 0.625. The summed E-state index contributed by atoms with van der Waals surface area (Å²) in [6, 6.07) is 1.82. The number of esters is 1. The van der Waals surface area contributed by atoms with Crippen molar-refractivity contribution in [3.8, 4) is 5.75 Å². The number of ether oxygens (including phenoxy) is 2. The molecule has 1 fully saturated rings. The van der Waals surface area contributed by atoms with Gasteiger partial charge in [0.2, 0.25) is 0 Å². The van der Waals surface area contributed by atoms with Gasteiger partial charge in [-0.05, 0) is 58.2 Å². The van der Waals surface area contributed by atoms with Crippen molar-refractivity contribution in [1.29, 1.82) is 0 Å². The first-order valence-corrected chi connectivity index (χ1v) is 7.74. The van der Waals surface area contributed by atoms with Crippen molar-refractivity contribution in [2.45, 2.75) is 33.1 Å². The number of hydrogen-bond donors (Lipinski definition) is 1. The van der Waals surface area contributed by atoms with E-state index in [1.54, 1.807) is 13.1 Å². The molecule has 2 rings (SSSR count). The Labute approximate surface area is 150 Å². The highest BCUT2D eigenvalue weighted by Crippen LogP contribution is 2.23. The molecule has 1 aromatic heterocycles. The molecule has 1 N–H and O–H groups in total. The molecule has 0 spiro atoms. The Balaban J connectivity index is 0.00000242. The number of pyridine rings is 1. The van der Waals surface area contributed by atoms with Crippen LogP contribution in [0.15, 0.2) is 12.3 Å². The Morgan fingerprint density at radius 1 is 1.26 bits per heavy atom. The molecule has 0 radical (unpaired) electrons. The minimum atomic E-state index is -0.338. The predicted octanol–water partition coefficient (Wildman–Crippen LogP) is 3.04. The molecule has 0 unspecified atom stereocenters. The van der Waals surface area contributed by atoms with E-state index in [-0.39, 0.29) is 30.8 Å². The van der Waals surface area contributed by atoms with Gasteiger partial charge in [-0.2, -0.15) is 0 Å². The molecule has 23 heavy (non-hydrogen) atoms. The number of piperidine rings is 1. The number of rotatable bonds is 6. The predicted molar refractivity (Wildman–Crippen MR) is 95.2 cm³/mol. The van der Waals surface area contributed by atoms with Crippen LogP contribution in [0, 0.1) is 5.92 Å². The largest absolute Gasteiger partial charge is 0.491 e.